The zero-order valence-electron chi connectivity index (χ0n) is 5.07. The molecule has 0 fully saturated rings. The molecule has 0 aromatic rings. The zero-order valence-corrected chi connectivity index (χ0v) is 5.07. The molecule has 0 aliphatic carbocycles. The molecule has 0 heterocycles. The van der Waals surface area contributed by atoms with Gasteiger partial charge in [-0.05, 0) is 26.9 Å². The van der Waals surface area contributed by atoms with Crippen molar-refractivity contribution in [2.75, 3.05) is 13.6 Å². The van der Waals surface area contributed by atoms with E-state index in [1.54, 1.807) is 0 Å². The van der Waals surface area contributed by atoms with Crippen molar-refractivity contribution in [1.29, 1.82) is 0 Å². The minimum Gasteiger partial charge on any atom is -0.319 e. The first-order valence-electron chi connectivity index (χ1n) is 2.67. The van der Waals surface area contributed by atoms with Crippen LogP contribution in [0.1, 0.15) is 13.3 Å². The topological polar surface area (TPSA) is 12.0 Å². The van der Waals surface area contributed by atoms with Crippen LogP contribution in [0.2, 0.25) is 0 Å². The van der Waals surface area contributed by atoms with Gasteiger partial charge in [-0.3, -0.25) is 0 Å². The Morgan fingerprint density at radius 3 is 2.71 bits per heavy atom. The highest BCUT2D eigenvalue weighted by Crippen LogP contribution is 1.76. The van der Waals surface area contributed by atoms with Gasteiger partial charge in [0.05, 0.1) is 0 Å². The fourth-order valence-electron chi connectivity index (χ4n) is 0.394. The lowest BCUT2D eigenvalue weighted by atomic mass is 10.4. The Bertz CT molecular complexity index is 48.1. The molecule has 1 nitrogen and oxygen atoms in total. The summed E-state index contributed by atoms with van der Waals surface area (Å²) in [7, 11) is 1.96. The molecule has 1 N–H and O–H groups in total. The number of nitrogens with one attached hydrogen (secondary N) is 1. The summed E-state index contributed by atoms with van der Waals surface area (Å²) in [5, 5.41) is 3.05. The van der Waals surface area contributed by atoms with Gasteiger partial charge in [-0.15, -0.1) is 0 Å². The first kappa shape index (κ1) is 6.70. The van der Waals surface area contributed by atoms with Crippen LogP contribution in [0.5, 0.6) is 0 Å². The van der Waals surface area contributed by atoms with Gasteiger partial charge < -0.3 is 5.32 Å². The number of rotatable bonds is 3. The van der Waals surface area contributed by atoms with Gasteiger partial charge in [0.2, 0.25) is 0 Å². The van der Waals surface area contributed by atoms with E-state index in [9.17, 15) is 0 Å². The molecule has 0 aromatic carbocycles. The average molecular weight is 99.2 g/mol. The Morgan fingerprint density at radius 2 is 2.29 bits per heavy atom. The summed E-state index contributed by atoms with van der Waals surface area (Å²) in [5.74, 6) is 0. The molecule has 7 heavy (non-hydrogen) atoms. The minimum atomic E-state index is 1.09. The van der Waals surface area contributed by atoms with Crippen LogP contribution in [0, 0.1) is 0 Å². The number of hydrogen-bond donors (Lipinski definition) is 1. The fraction of sp³-hybridized carbons (Fsp3) is 0.667. The van der Waals surface area contributed by atoms with Crippen LogP contribution >= 0.6 is 0 Å². The highest BCUT2D eigenvalue weighted by molar-refractivity contribution is 4.76. The van der Waals surface area contributed by atoms with Crippen molar-refractivity contribution < 1.29 is 0 Å². The quantitative estimate of drug-likeness (QED) is 0.413. The molecule has 0 saturated heterocycles. The molecule has 0 aliphatic rings. The summed E-state index contributed by atoms with van der Waals surface area (Å²) in [6, 6.07) is 0. The van der Waals surface area contributed by atoms with E-state index >= 15 is 0 Å². The summed E-state index contributed by atoms with van der Waals surface area (Å²) >= 11 is 0. The van der Waals surface area contributed by atoms with Crippen LogP contribution < -0.4 is 5.32 Å². The molecule has 0 aromatic heterocycles. The van der Waals surface area contributed by atoms with Crippen molar-refractivity contribution in [3.8, 4) is 0 Å². The molecular weight excluding hydrogens is 86.1 g/mol. The maximum atomic E-state index is 3.05. The smallest absolute Gasteiger partial charge is 0.00173 e. The Hall–Kier alpha value is -0.300. The Labute approximate surface area is 45.4 Å². The van der Waals surface area contributed by atoms with Crippen LogP contribution in [0.15, 0.2) is 12.2 Å². The highest BCUT2D eigenvalue weighted by atomic mass is 14.8. The highest BCUT2D eigenvalue weighted by Gasteiger charge is 1.70. The maximum Gasteiger partial charge on any atom is -0.00173 e. The van der Waals surface area contributed by atoms with E-state index in [-0.39, 0.29) is 0 Å². The Kier molecular flexibility index (Phi) is 5.46. The lowest BCUT2D eigenvalue weighted by Gasteiger charge is -1.87. The van der Waals surface area contributed by atoms with Gasteiger partial charge in [0.1, 0.15) is 0 Å². The van der Waals surface area contributed by atoms with E-state index in [1.807, 2.05) is 14.0 Å². The summed E-state index contributed by atoms with van der Waals surface area (Å²) in [5.41, 5.74) is 0. The second-order valence-electron chi connectivity index (χ2n) is 1.46. The molecule has 42 valence electrons. The summed E-state index contributed by atoms with van der Waals surface area (Å²) in [4.78, 5) is 0. The second-order valence-corrected chi connectivity index (χ2v) is 1.46. The van der Waals surface area contributed by atoms with E-state index in [0.29, 0.717) is 0 Å². The maximum absolute atomic E-state index is 3.05. The summed E-state index contributed by atoms with van der Waals surface area (Å²) in [6.07, 6.45) is 5.36. The van der Waals surface area contributed by atoms with Crippen LogP contribution in [0.4, 0.5) is 0 Å². The first-order chi connectivity index (χ1) is 3.41. The van der Waals surface area contributed by atoms with Crippen molar-refractivity contribution in [2.45, 2.75) is 13.3 Å². The van der Waals surface area contributed by atoms with Crippen molar-refractivity contribution >= 4 is 0 Å². The molecule has 0 bridgehead atoms. The third-order valence-electron chi connectivity index (χ3n) is 0.797. The van der Waals surface area contributed by atoms with E-state index in [0.717, 1.165) is 13.0 Å². The van der Waals surface area contributed by atoms with Crippen molar-refractivity contribution in [3.63, 3.8) is 0 Å². The minimum absolute atomic E-state index is 1.09. The molecule has 0 saturated carbocycles. The van der Waals surface area contributed by atoms with Crippen LogP contribution in [0.25, 0.3) is 0 Å². The molecule has 0 amide bonds. The predicted octanol–water partition coefficient (Wildman–Crippen LogP) is 1.17. The van der Waals surface area contributed by atoms with Gasteiger partial charge in [0, 0.05) is 0 Å². The van der Waals surface area contributed by atoms with Crippen LogP contribution in [-0.2, 0) is 0 Å². The van der Waals surface area contributed by atoms with Gasteiger partial charge in [-0.2, -0.15) is 0 Å². The largest absolute Gasteiger partial charge is 0.319 e. The third kappa shape index (κ3) is 5.70. The van der Waals surface area contributed by atoms with Crippen LogP contribution in [-0.4, -0.2) is 13.6 Å². The Balaban J connectivity index is 2.69. The number of hydrogen-bond acceptors (Lipinski definition) is 1. The fourth-order valence-corrected chi connectivity index (χ4v) is 0.394. The first-order valence-corrected chi connectivity index (χ1v) is 2.67. The SMILES string of the molecule is CC=CCCNC. The molecular formula is C6H13N. The van der Waals surface area contributed by atoms with Gasteiger partial charge in [-0.1, -0.05) is 12.2 Å². The molecule has 0 rings (SSSR count). The predicted molar refractivity (Wildman–Crippen MR) is 33.4 cm³/mol. The average Bonchev–Trinajstić information content (AvgIpc) is 1.69. The van der Waals surface area contributed by atoms with Gasteiger partial charge in [0.25, 0.3) is 0 Å². The van der Waals surface area contributed by atoms with Gasteiger partial charge in [0.15, 0.2) is 0 Å². The van der Waals surface area contributed by atoms with E-state index < -0.39 is 0 Å². The van der Waals surface area contributed by atoms with E-state index in [1.165, 1.54) is 0 Å². The van der Waals surface area contributed by atoms with Gasteiger partial charge in [-0.25, -0.2) is 0 Å². The zero-order chi connectivity index (χ0) is 5.54. The second kappa shape index (κ2) is 5.70. The Morgan fingerprint density at radius 1 is 1.57 bits per heavy atom. The van der Waals surface area contributed by atoms with Crippen LogP contribution in [0.3, 0.4) is 0 Å². The van der Waals surface area contributed by atoms with Crippen molar-refractivity contribution in [2.24, 2.45) is 0 Å². The molecule has 0 spiro atoms. The lowest BCUT2D eigenvalue weighted by Crippen LogP contribution is -2.05. The van der Waals surface area contributed by atoms with Gasteiger partial charge >= 0.3 is 0 Å². The molecule has 0 unspecified atom stereocenters. The normalized spacial score (nSPS) is 10.6. The summed E-state index contributed by atoms with van der Waals surface area (Å²) < 4.78 is 0. The lowest BCUT2D eigenvalue weighted by molar-refractivity contribution is 0.807. The van der Waals surface area contributed by atoms with E-state index in [4.69, 9.17) is 0 Å². The molecule has 0 radical (unpaired) electrons. The molecule has 1 heteroatoms. The standard InChI is InChI=1S/C6H13N/c1-3-4-5-6-7-2/h3-4,7H,5-6H2,1-2H3. The molecule has 0 atom stereocenters. The summed E-state index contributed by atoms with van der Waals surface area (Å²) in [6.45, 7) is 3.12. The van der Waals surface area contributed by atoms with E-state index in [2.05, 4.69) is 17.5 Å². The molecule has 0 aliphatic heterocycles. The van der Waals surface area contributed by atoms with Crippen molar-refractivity contribution in [1.82, 2.24) is 5.32 Å². The van der Waals surface area contributed by atoms with Crippen molar-refractivity contribution in [3.05, 3.63) is 12.2 Å². The third-order valence-corrected chi connectivity index (χ3v) is 0.797. The number of allylic oxidation sites excluding steroid dienone is 1. The monoisotopic (exact) mass is 99.1 g/mol.